The zero-order valence-electron chi connectivity index (χ0n) is 13.6. The zero-order valence-corrected chi connectivity index (χ0v) is 13.6. The van der Waals surface area contributed by atoms with E-state index in [1.54, 1.807) is 17.0 Å². The third kappa shape index (κ3) is 5.30. The highest BCUT2D eigenvalue weighted by atomic mass is 19.1. The fraction of sp³-hybridized carbons (Fsp3) is 0.588. The van der Waals surface area contributed by atoms with E-state index in [-0.39, 0.29) is 11.9 Å². The molecule has 1 aliphatic rings. The molecule has 1 aromatic carbocycles. The quantitative estimate of drug-likeness (QED) is 0.909. The predicted octanol–water partition coefficient (Wildman–Crippen LogP) is 2.82. The highest BCUT2D eigenvalue weighted by Gasteiger charge is 2.26. The van der Waals surface area contributed by atoms with E-state index in [4.69, 9.17) is 4.74 Å². The number of halogens is 1. The number of ether oxygens (including phenoxy) is 1. The Kier molecular flexibility index (Phi) is 5.40. The zero-order chi connectivity index (χ0) is 16.2. The normalized spacial score (nSPS) is 15.3. The summed E-state index contributed by atoms with van der Waals surface area (Å²) in [6.07, 6.45) is 0.418. The van der Waals surface area contributed by atoms with Crippen molar-refractivity contribution in [1.29, 1.82) is 0 Å². The molecule has 4 nitrogen and oxygen atoms in total. The summed E-state index contributed by atoms with van der Waals surface area (Å²) in [4.78, 5) is 14.1. The van der Waals surface area contributed by atoms with Gasteiger partial charge in [0.15, 0.2) is 0 Å². The molecule has 1 aliphatic heterocycles. The van der Waals surface area contributed by atoms with Gasteiger partial charge in [-0.3, -0.25) is 0 Å². The Morgan fingerprint density at radius 2 is 1.95 bits per heavy atom. The third-order valence-electron chi connectivity index (χ3n) is 3.58. The Morgan fingerprint density at radius 1 is 1.32 bits per heavy atom. The van der Waals surface area contributed by atoms with Crippen LogP contribution < -0.4 is 5.32 Å². The lowest BCUT2D eigenvalue weighted by Crippen LogP contribution is -2.50. The third-order valence-corrected chi connectivity index (χ3v) is 3.58. The highest BCUT2D eigenvalue weighted by molar-refractivity contribution is 5.68. The maximum absolute atomic E-state index is 12.9. The summed E-state index contributed by atoms with van der Waals surface area (Å²) < 4.78 is 18.4. The molecule has 2 rings (SSSR count). The van der Waals surface area contributed by atoms with Crippen LogP contribution in [0.2, 0.25) is 0 Å². The molecule has 0 saturated carbocycles. The van der Waals surface area contributed by atoms with Crippen molar-refractivity contribution in [3.63, 3.8) is 0 Å². The van der Waals surface area contributed by atoms with Crippen molar-refractivity contribution in [3.05, 3.63) is 35.6 Å². The molecular weight excluding hydrogens is 283 g/mol. The van der Waals surface area contributed by atoms with E-state index < -0.39 is 5.60 Å². The SMILES string of the molecule is CC(C)(C)OC(=O)N(CCc1ccc(F)cc1)CC1CNC1. The van der Waals surface area contributed by atoms with Crippen LogP contribution in [0.5, 0.6) is 0 Å². The summed E-state index contributed by atoms with van der Waals surface area (Å²) in [5, 5.41) is 3.21. The molecule has 22 heavy (non-hydrogen) atoms. The van der Waals surface area contributed by atoms with Crippen molar-refractivity contribution in [2.45, 2.75) is 32.8 Å². The molecule has 0 aliphatic carbocycles. The van der Waals surface area contributed by atoms with Gasteiger partial charge in [0.05, 0.1) is 0 Å². The number of carbonyl (C=O) groups excluding carboxylic acids is 1. The molecule has 1 aromatic rings. The maximum atomic E-state index is 12.9. The fourth-order valence-corrected chi connectivity index (χ4v) is 2.29. The first-order valence-corrected chi connectivity index (χ1v) is 7.76. The van der Waals surface area contributed by atoms with Gasteiger partial charge < -0.3 is 15.0 Å². The molecule has 0 aromatic heterocycles. The van der Waals surface area contributed by atoms with Crippen LogP contribution in [0.3, 0.4) is 0 Å². The van der Waals surface area contributed by atoms with Gasteiger partial charge >= 0.3 is 6.09 Å². The minimum absolute atomic E-state index is 0.242. The molecular formula is C17H25FN2O2. The summed E-state index contributed by atoms with van der Waals surface area (Å²) in [6, 6.07) is 6.41. The summed E-state index contributed by atoms with van der Waals surface area (Å²) in [6.45, 7) is 8.77. The monoisotopic (exact) mass is 308 g/mol. The van der Waals surface area contributed by atoms with Crippen molar-refractivity contribution >= 4 is 6.09 Å². The first-order valence-electron chi connectivity index (χ1n) is 7.76. The molecule has 1 fully saturated rings. The molecule has 0 radical (unpaired) electrons. The average molecular weight is 308 g/mol. The molecule has 0 bridgehead atoms. The largest absolute Gasteiger partial charge is 0.444 e. The van der Waals surface area contributed by atoms with Gasteiger partial charge in [-0.15, -0.1) is 0 Å². The second-order valence-electron chi connectivity index (χ2n) is 6.83. The first kappa shape index (κ1) is 16.7. The Hall–Kier alpha value is -1.62. The van der Waals surface area contributed by atoms with Crippen molar-refractivity contribution in [1.82, 2.24) is 10.2 Å². The second kappa shape index (κ2) is 7.09. The van der Waals surface area contributed by atoms with Gasteiger partial charge in [0, 0.05) is 32.1 Å². The fourth-order valence-electron chi connectivity index (χ4n) is 2.29. The number of benzene rings is 1. The van der Waals surface area contributed by atoms with Gasteiger partial charge in [-0.25, -0.2) is 9.18 Å². The van der Waals surface area contributed by atoms with Gasteiger partial charge in [-0.1, -0.05) is 12.1 Å². The predicted molar refractivity (Wildman–Crippen MR) is 84.3 cm³/mol. The lowest BCUT2D eigenvalue weighted by atomic mass is 10.0. The minimum atomic E-state index is -0.497. The number of nitrogens with one attached hydrogen (secondary N) is 1. The first-order chi connectivity index (χ1) is 10.3. The summed E-state index contributed by atoms with van der Waals surface area (Å²) in [5.41, 5.74) is 0.519. The molecule has 0 spiro atoms. The Labute approximate surface area is 131 Å². The number of nitrogens with zero attached hydrogens (tertiary/aromatic N) is 1. The molecule has 1 saturated heterocycles. The van der Waals surface area contributed by atoms with Crippen LogP contribution in [0.25, 0.3) is 0 Å². The summed E-state index contributed by atoms with van der Waals surface area (Å²) >= 11 is 0. The summed E-state index contributed by atoms with van der Waals surface area (Å²) in [7, 11) is 0. The number of amides is 1. The van der Waals surface area contributed by atoms with Crippen LogP contribution in [0, 0.1) is 11.7 Å². The van der Waals surface area contributed by atoms with Gasteiger partial charge in [0.2, 0.25) is 0 Å². The smallest absolute Gasteiger partial charge is 0.410 e. The second-order valence-corrected chi connectivity index (χ2v) is 6.83. The van der Waals surface area contributed by atoms with E-state index in [0.29, 0.717) is 25.4 Å². The van der Waals surface area contributed by atoms with Crippen molar-refractivity contribution in [3.8, 4) is 0 Å². The van der Waals surface area contributed by atoms with Gasteiger partial charge in [0.25, 0.3) is 0 Å². The van der Waals surface area contributed by atoms with Gasteiger partial charge in [-0.05, 0) is 44.9 Å². The number of hydrogen-bond acceptors (Lipinski definition) is 3. The van der Waals surface area contributed by atoms with Crippen LogP contribution in [0.1, 0.15) is 26.3 Å². The van der Waals surface area contributed by atoms with Crippen molar-refractivity contribution < 1.29 is 13.9 Å². The van der Waals surface area contributed by atoms with E-state index in [2.05, 4.69) is 5.32 Å². The molecule has 1 N–H and O–H groups in total. The topological polar surface area (TPSA) is 41.6 Å². The molecule has 1 heterocycles. The average Bonchev–Trinajstić information content (AvgIpc) is 2.36. The highest BCUT2D eigenvalue weighted by Crippen LogP contribution is 2.14. The number of rotatable bonds is 5. The van der Waals surface area contributed by atoms with E-state index in [1.807, 2.05) is 20.8 Å². The lowest BCUT2D eigenvalue weighted by molar-refractivity contribution is 0.0205. The lowest BCUT2D eigenvalue weighted by Gasteiger charge is -2.34. The minimum Gasteiger partial charge on any atom is -0.444 e. The van der Waals surface area contributed by atoms with E-state index in [9.17, 15) is 9.18 Å². The number of hydrogen-bond donors (Lipinski definition) is 1. The van der Waals surface area contributed by atoms with Crippen molar-refractivity contribution in [2.24, 2.45) is 5.92 Å². The van der Waals surface area contributed by atoms with E-state index in [0.717, 1.165) is 18.7 Å². The van der Waals surface area contributed by atoms with Crippen LogP contribution in [0.15, 0.2) is 24.3 Å². The van der Waals surface area contributed by atoms with Gasteiger partial charge in [-0.2, -0.15) is 0 Å². The van der Waals surface area contributed by atoms with Crippen LogP contribution >= 0.6 is 0 Å². The van der Waals surface area contributed by atoms with E-state index in [1.165, 1.54) is 12.1 Å². The van der Waals surface area contributed by atoms with Crippen LogP contribution in [-0.4, -0.2) is 42.8 Å². The molecule has 122 valence electrons. The standard InChI is InChI=1S/C17H25FN2O2/c1-17(2,3)22-16(21)20(12-14-10-19-11-14)9-8-13-4-6-15(18)7-5-13/h4-7,14,19H,8-12H2,1-3H3. The molecule has 1 amide bonds. The van der Waals surface area contributed by atoms with Gasteiger partial charge in [0.1, 0.15) is 11.4 Å². The van der Waals surface area contributed by atoms with Crippen LogP contribution in [-0.2, 0) is 11.2 Å². The molecule has 0 atom stereocenters. The molecule has 5 heteroatoms. The maximum Gasteiger partial charge on any atom is 0.410 e. The molecule has 0 unspecified atom stereocenters. The Morgan fingerprint density at radius 3 is 2.45 bits per heavy atom. The number of carbonyl (C=O) groups is 1. The summed E-state index contributed by atoms with van der Waals surface area (Å²) in [5.74, 6) is 0.244. The Bertz CT molecular complexity index is 492. The Balaban J connectivity index is 1.94. The van der Waals surface area contributed by atoms with E-state index >= 15 is 0 Å². The van der Waals surface area contributed by atoms with Crippen molar-refractivity contribution in [2.75, 3.05) is 26.2 Å². The van der Waals surface area contributed by atoms with Crippen LogP contribution in [0.4, 0.5) is 9.18 Å².